The molecule has 0 aromatic carbocycles. The summed E-state index contributed by atoms with van der Waals surface area (Å²) < 4.78 is 9.64. The Morgan fingerprint density at radius 2 is 1.65 bits per heavy atom. The van der Waals surface area contributed by atoms with E-state index in [1.807, 2.05) is 24.3 Å². The van der Waals surface area contributed by atoms with Crippen LogP contribution in [0.2, 0.25) is 0 Å². The number of rotatable bonds is 4. The third kappa shape index (κ3) is 2.59. The molecule has 2 aliphatic carbocycles. The zero-order chi connectivity index (χ0) is 14.5. The summed E-state index contributed by atoms with van der Waals surface area (Å²) in [6, 6.07) is 0. The number of carbonyl (C=O) groups is 1. The Balaban J connectivity index is 2.60. The Morgan fingerprint density at radius 1 is 1.05 bits per heavy atom. The van der Waals surface area contributed by atoms with Crippen LogP contribution in [0.15, 0.2) is 71.3 Å². The van der Waals surface area contributed by atoms with Gasteiger partial charge in [0.05, 0.1) is 18.6 Å². The van der Waals surface area contributed by atoms with Crippen LogP contribution in [0.25, 0.3) is 0 Å². The van der Waals surface area contributed by atoms with Gasteiger partial charge in [-0.3, -0.25) is 0 Å². The quantitative estimate of drug-likeness (QED) is 0.442. The van der Waals surface area contributed by atoms with Crippen LogP contribution in [0.4, 0.5) is 0 Å². The third-order valence-electron chi connectivity index (χ3n) is 3.10. The number of carbonyl (C=O) groups excluding carboxylic acids is 1. The van der Waals surface area contributed by atoms with E-state index < -0.39 is 11.9 Å². The molecule has 0 heterocycles. The van der Waals surface area contributed by atoms with Crippen molar-refractivity contribution in [3.05, 3.63) is 71.3 Å². The highest BCUT2D eigenvalue weighted by Crippen LogP contribution is 2.32. The van der Waals surface area contributed by atoms with Crippen molar-refractivity contribution >= 4 is 5.97 Å². The van der Waals surface area contributed by atoms with Gasteiger partial charge in [-0.2, -0.15) is 0 Å². The van der Waals surface area contributed by atoms with E-state index in [1.54, 1.807) is 24.3 Å². The average molecular weight is 271 g/mol. The highest BCUT2D eigenvalue weighted by atomic mass is 16.6. The van der Waals surface area contributed by atoms with E-state index >= 15 is 0 Å². The van der Waals surface area contributed by atoms with Gasteiger partial charge in [-0.25, -0.2) is 4.79 Å². The lowest BCUT2D eigenvalue weighted by Gasteiger charge is -2.22. The first-order chi connectivity index (χ1) is 9.69. The molecule has 0 atom stereocenters. The van der Waals surface area contributed by atoms with Gasteiger partial charge in [0.2, 0.25) is 0 Å². The lowest BCUT2D eigenvalue weighted by Crippen LogP contribution is -2.20. The van der Waals surface area contributed by atoms with E-state index in [2.05, 4.69) is 0 Å². The molecule has 20 heavy (non-hydrogen) atoms. The van der Waals surface area contributed by atoms with Crippen molar-refractivity contribution in [3.63, 3.8) is 0 Å². The van der Waals surface area contributed by atoms with Crippen LogP contribution in [0.3, 0.4) is 0 Å². The van der Waals surface area contributed by atoms with Crippen molar-refractivity contribution in [2.24, 2.45) is 5.92 Å². The van der Waals surface area contributed by atoms with Crippen molar-refractivity contribution in [1.29, 1.82) is 0 Å². The minimum absolute atomic E-state index is 0.241. The second-order valence-corrected chi connectivity index (χ2v) is 4.24. The SMILES string of the molecule is COC(=O)C(=C1C=CC=C1)C(=C([O-])OC)C1C=CC=C1. The molecule has 0 amide bonds. The Bertz CT molecular complexity index is 560. The number of ether oxygens (including phenoxy) is 2. The number of methoxy groups -OCH3 is 2. The standard InChI is InChI=1S/C16H16O4/c1-19-15(17)13(11-7-3-4-8-11)14(16(18)20-2)12-9-5-6-10-12/h3-11,17H,1-2H3/p-1. The van der Waals surface area contributed by atoms with Gasteiger partial charge in [0.1, 0.15) is 0 Å². The number of hydrogen-bond acceptors (Lipinski definition) is 4. The molecular weight excluding hydrogens is 256 g/mol. The van der Waals surface area contributed by atoms with Crippen LogP contribution in [0.5, 0.6) is 0 Å². The van der Waals surface area contributed by atoms with Crippen LogP contribution in [0, 0.1) is 5.92 Å². The van der Waals surface area contributed by atoms with Gasteiger partial charge in [0, 0.05) is 5.92 Å². The molecule has 0 bridgehead atoms. The lowest BCUT2D eigenvalue weighted by atomic mass is 9.90. The Morgan fingerprint density at radius 3 is 2.15 bits per heavy atom. The molecule has 104 valence electrons. The number of allylic oxidation sites excluding steroid dienone is 9. The Hall–Kier alpha value is -2.49. The average Bonchev–Trinajstić information content (AvgIpc) is 3.15. The largest absolute Gasteiger partial charge is 0.616 e. The van der Waals surface area contributed by atoms with E-state index in [1.165, 1.54) is 14.2 Å². The lowest BCUT2D eigenvalue weighted by molar-refractivity contribution is -0.355. The first-order valence-electron chi connectivity index (χ1n) is 6.17. The van der Waals surface area contributed by atoms with Gasteiger partial charge in [-0.1, -0.05) is 48.6 Å². The molecule has 0 aliphatic heterocycles. The summed E-state index contributed by atoms with van der Waals surface area (Å²) in [5.41, 5.74) is 1.17. The van der Waals surface area contributed by atoms with Crippen molar-refractivity contribution in [2.75, 3.05) is 14.2 Å². The third-order valence-corrected chi connectivity index (χ3v) is 3.10. The molecule has 0 radical (unpaired) electrons. The van der Waals surface area contributed by atoms with Crippen LogP contribution >= 0.6 is 0 Å². The van der Waals surface area contributed by atoms with E-state index in [0.717, 1.165) is 0 Å². The molecular formula is C16H15O4-. The summed E-state index contributed by atoms with van der Waals surface area (Å²) in [5, 5.41) is 12.1. The molecule has 4 heteroatoms. The topological polar surface area (TPSA) is 58.6 Å². The zero-order valence-electron chi connectivity index (χ0n) is 11.3. The van der Waals surface area contributed by atoms with Crippen LogP contribution in [0.1, 0.15) is 0 Å². The fourth-order valence-electron chi connectivity index (χ4n) is 2.17. The molecule has 0 N–H and O–H groups in total. The summed E-state index contributed by atoms with van der Waals surface area (Å²) in [5.74, 6) is -1.37. The van der Waals surface area contributed by atoms with Gasteiger partial charge in [0.15, 0.2) is 0 Å². The van der Waals surface area contributed by atoms with Crippen LogP contribution < -0.4 is 5.11 Å². The summed E-state index contributed by atoms with van der Waals surface area (Å²) >= 11 is 0. The first kappa shape index (κ1) is 13.9. The van der Waals surface area contributed by atoms with Gasteiger partial charge >= 0.3 is 5.97 Å². The maximum Gasteiger partial charge on any atom is 0.338 e. The Kier molecular flexibility index (Phi) is 4.25. The summed E-state index contributed by atoms with van der Waals surface area (Å²) in [6.07, 6.45) is 14.4. The molecule has 0 unspecified atom stereocenters. The number of esters is 1. The monoisotopic (exact) mass is 271 g/mol. The van der Waals surface area contributed by atoms with E-state index in [4.69, 9.17) is 9.47 Å². The fraction of sp³-hybridized carbons (Fsp3) is 0.188. The smallest absolute Gasteiger partial charge is 0.338 e. The highest BCUT2D eigenvalue weighted by Gasteiger charge is 2.25. The molecule has 0 aromatic rings. The predicted octanol–water partition coefficient (Wildman–Crippen LogP) is 1.54. The minimum Gasteiger partial charge on any atom is -0.616 e. The molecule has 0 fully saturated rings. The van der Waals surface area contributed by atoms with Gasteiger partial charge in [-0.15, -0.1) is 0 Å². The summed E-state index contributed by atoms with van der Waals surface area (Å²) in [7, 11) is 2.59. The van der Waals surface area contributed by atoms with Crippen molar-refractivity contribution in [2.45, 2.75) is 0 Å². The van der Waals surface area contributed by atoms with Crippen molar-refractivity contribution < 1.29 is 19.4 Å². The van der Waals surface area contributed by atoms with Crippen LogP contribution in [-0.2, 0) is 14.3 Å². The van der Waals surface area contributed by atoms with E-state index in [9.17, 15) is 9.90 Å². The maximum absolute atomic E-state index is 12.1. The second kappa shape index (κ2) is 6.10. The van der Waals surface area contributed by atoms with Gasteiger partial charge in [-0.05, 0) is 18.3 Å². The molecule has 0 aromatic heterocycles. The fourth-order valence-corrected chi connectivity index (χ4v) is 2.17. The Labute approximate surface area is 117 Å². The zero-order valence-corrected chi connectivity index (χ0v) is 11.3. The molecule has 2 rings (SSSR count). The molecule has 0 saturated carbocycles. The van der Waals surface area contributed by atoms with E-state index in [-0.39, 0.29) is 17.1 Å². The van der Waals surface area contributed by atoms with Crippen LogP contribution in [-0.4, -0.2) is 20.2 Å². The minimum atomic E-state index is -0.551. The summed E-state index contributed by atoms with van der Waals surface area (Å²) in [6.45, 7) is 0. The van der Waals surface area contributed by atoms with Crippen molar-refractivity contribution in [1.82, 2.24) is 0 Å². The first-order valence-corrected chi connectivity index (χ1v) is 6.17. The molecule has 0 spiro atoms. The van der Waals surface area contributed by atoms with Crippen molar-refractivity contribution in [3.8, 4) is 0 Å². The van der Waals surface area contributed by atoms with Gasteiger partial charge in [0.25, 0.3) is 0 Å². The molecule has 4 nitrogen and oxygen atoms in total. The van der Waals surface area contributed by atoms with Gasteiger partial charge < -0.3 is 14.6 Å². The molecule has 2 aliphatic rings. The highest BCUT2D eigenvalue weighted by molar-refractivity contribution is 5.96. The predicted molar refractivity (Wildman–Crippen MR) is 73.1 cm³/mol. The molecule has 0 saturated heterocycles. The summed E-state index contributed by atoms with van der Waals surface area (Å²) in [4.78, 5) is 12.1. The number of hydrogen-bond donors (Lipinski definition) is 0. The maximum atomic E-state index is 12.1. The normalized spacial score (nSPS) is 17.6. The second-order valence-electron chi connectivity index (χ2n) is 4.24. The van der Waals surface area contributed by atoms with E-state index in [0.29, 0.717) is 5.57 Å².